The molecular formula is C16H27IN4O2. The van der Waals surface area contributed by atoms with Crippen LogP contribution < -0.4 is 16.0 Å². The molecule has 0 radical (unpaired) electrons. The predicted molar refractivity (Wildman–Crippen MR) is 105 cm³/mol. The van der Waals surface area contributed by atoms with E-state index in [2.05, 4.69) is 20.9 Å². The van der Waals surface area contributed by atoms with Gasteiger partial charge in [-0.3, -0.25) is 9.79 Å². The summed E-state index contributed by atoms with van der Waals surface area (Å²) in [6.45, 7) is 4.73. The maximum Gasteiger partial charge on any atom is 0.251 e. The van der Waals surface area contributed by atoms with Crippen LogP contribution in [0.2, 0.25) is 0 Å². The smallest absolute Gasteiger partial charge is 0.251 e. The van der Waals surface area contributed by atoms with Crippen molar-refractivity contribution in [3.8, 4) is 0 Å². The number of guanidine groups is 1. The molecule has 1 rings (SSSR count). The average molecular weight is 434 g/mol. The molecular weight excluding hydrogens is 407 g/mol. The van der Waals surface area contributed by atoms with Gasteiger partial charge in [-0.05, 0) is 31.0 Å². The first kappa shape index (κ1) is 21.6. The number of nitrogens with zero attached hydrogens (tertiary/aromatic N) is 1. The Labute approximate surface area is 155 Å². The molecule has 3 N–H and O–H groups in total. The summed E-state index contributed by atoms with van der Waals surface area (Å²) in [5.41, 5.74) is 1.76. The van der Waals surface area contributed by atoms with Crippen LogP contribution in [0.1, 0.15) is 29.3 Å². The van der Waals surface area contributed by atoms with Crippen LogP contribution >= 0.6 is 24.0 Å². The summed E-state index contributed by atoms with van der Waals surface area (Å²) in [5.74, 6) is 0.710. The second kappa shape index (κ2) is 13.1. The van der Waals surface area contributed by atoms with Crippen molar-refractivity contribution in [1.82, 2.24) is 16.0 Å². The standard InChI is InChI=1S/C16H26N4O2.HI/c1-4-18-15(21)14-8-6-13(7-9-14)12-20-16(17-2)19-10-5-11-22-3;/h6-9H,4-5,10-12H2,1-3H3,(H,18,21)(H2,17,19,20);1H. The lowest BCUT2D eigenvalue weighted by Gasteiger charge is -2.12. The lowest BCUT2D eigenvalue weighted by molar-refractivity contribution is 0.0956. The van der Waals surface area contributed by atoms with Gasteiger partial charge >= 0.3 is 0 Å². The van der Waals surface area contributed by atoms with E-state index in [4.69, 9.17) is 4.74 Å². The molecule has 130 valence electrons. The minimum atomic E-state index is -0.0439. The average Bonchev–Trinajstić information content (AvgIpc) is 2.55. The molecule has 0 aromatic heterocycles. The lowest BCUT2D eigenvalue weighted by atomic mass is 10.1. The molecule has 0 saturated heterocycles. The van der Waals surface area contributed by atoms with Crippen molar-refractivity contribution >= 4 is 35.8 Å². The van der Waals surface area contributed by atoms with Gasteiger partial charge in [0.2, 0.25) is 0 Å². The van der Waals surface area contributed by atoms with E-state index in [1.54, 1.807) is 14.2 Å². The van der Waals surface area contributed by atoms with Crippen molar-refractivity contribution in [2.24, 2.45) is 4.99 Å². The van der Waals surface area contributed by atoms with Gasteiger partial charge in [-0.15, -0.1) is 24.0 Å². The summed E-state index contributed by atoms with van der Waals surface area (Å²) in [4.78, 5) is 15.8. The molecule has 23 heavy (non-hydrogen) atoms. The highest BCUT2D eigenvalue weighted by Gasteiger charge is 2.04. The Morgan fingerprint density at radius 1 is 1.17 bits per heavy atom. The van der Waals surface area contributed by atoms with E-state index in [1.165, 1.54) is 0 Å². The molecule has 0 aliphatic heterocycles. The van der Waals surface area contributed by atoms with Crippen molar-refractivity contribution in [3.05, 3.63) is 35.4 Å². The maximum absolute atomic E-state index is 11.7. The van der Waals surface area contributed by atoms with E-state index >= 15 is 0 Å². The number of carbonyl (C=O) groups is 1. The second-order valence-electron chi connectivity index (χ2n) is 4.76. The monoisotopic (exact) mass is 434 g/mol. The fraction of sp³-hybridized carbons (Fsp3) is 0.500. The first-order chi connectivity index (χ1) is 10.7. The van der Waals surface area contributed by atoms with Gasteiger partial charge in [0, 0.05) is 46.0 Å². The third kappa shape index (κ3) is 8.75. The molecule has 0 spiro atoms. The highest BCUT2D eigenvalue weighted by atomic mass is 127. The van der Waals surface area contributed by atoms with Crippen molar-refractivity contribution in [2.75, 3.05) is 33.9 Å². The van der Waals surface area contributed by atoms with Crippen molar-refractivity contribution < 1.29 is 9.53 Å². The number of carbonyl (C=O) groups excluding carboxylic acids is 1. The van der Waals surface area contributed by atoms with E-state index < -0.39 is 0 Å². The van der Waals surface area contributed by atoms with Crippen molar-refractivity contribution in [3.63, 3.8) is 0 Å². The molecule has 0 bridgehead atoms. The SMILES string of the molecule is CCNC(=O)c1ccc(CNC(=NC)NCCCOC)cc1.I. The molecule has 1 aromatic rings. The zero-order valence-electron chi connectivity index (χ0n) is 14.0. The van der Waals surface area contributed by atoms with E-state index in [9.17, 15) is 4.79 Å². The summed E-state index contributed by atoms with van der Waals surface area (Å²) >= 11 is 0. The Morgan fingerprint density at radius 2 is 1.87 bits per heavy atom. The van der Waals surface area contributed by atoms with Gasteiger partial charge in [0.15, 0.2) is 5.96 Å². The highest BCUT2D eigenvalue weighted by Crippen LogP contribution is 2.04. The molecule has 1 amide bonds. The molecule has 1 aromatic carbocycles. The van der Waals surface area contributed by atoms with Crippen LogP contribution in [0.4, 0.5) is 0 Å². The van der Waals surface area contributed by atoms with Gasteiger partial charge in [-0.1, -0.05) is 12.1 Å². The highest BCUT2D eigenvalue weighted by molar-refractivity contribution is 14.0. The summed E-state index contributed by atoms with van der Waals surface area (Å²) in [6, 6.07) is 7.54. The van der Waals surface area contributed by atoms with Crippen LogP contribution in [-0.4, -0.2) is 45.7 Å². The number of methoxy groups -OCH3 is 1. The van der Waals surface area contributed by atoms with Gasteiger partial charge in [-0.25, -0.2) is 0 Å². The van der Waals surface area contributed by atoms with Crippen LogP contribution in [0, 0.1) is 0 Å². The molecule has 0 saturated carbocycles. The molecule has 0 fully saturated rings. The molecule has 7 heteroatoms. The van der Waals surface area contributed by atoms with Crippen LogP contribution in [0.25, 0.3) is 0 Å². The minimum absolute atomic E-state index is 0. The van der Waals surface area contributed by atoms with Gasteiger partial charge in [0.05, 0.1) is 0 Å². The largest absolute Gasteiger partial charge is 0.385 e. The normalized spacial score (nSPS) is 10.7. The summed E-state index contributed by atoms with van der Waals surface area (Å²) in [7, 11) is 3.43. The van der Waals surface area contributed by atoms with Gasteiger partial charge < -0.3 is 20.7 Å². The molecule has 0 unspecified atom stereocenters. The summed E-state index contributed by atoms with van der Waals surface area (Å²) in [6.07, 6.45) is 0.929. The summed E-state index contributed by atoms with van der Waals surface area (Å²) in [5, 5.41) is 9.23. The topological polar surface area (TPSA) is 74.8 Å². The van der Waals surface area contributed by atoms with Crippen LogP contribution in [0.3, 0.4) is 0 Å². The van der Waals surface area contributed by atoms with Gasteiger partial charge in [-0.2, -0.15) is 0 Å². The third-order valence-corrected chi connectivity index (χ3v) is 3.05. The Balaban J connectivity index is 0.00000484. The van der Waals surface area contributed by atoms with Gasteiger partial charge in [0.1, 0.15) is 0 Å². The number of hydrogen-bond acceptors (Lipinski definition) is 3. The fourth-order valence-corrected chi connectivity index (χ4v) is 1.87. The summed E-state index contributed by atoms with van der Waals surface area (Å²) < 4.78 is 5.00. The van der Waals surface area contributed by atoms with Crippen LogP contribution in [-0.2, 0) is 11.3 Å². The number of halogens is 1. The van der Waals surface area contributed by atoms with Crippen molar-refractivity contribution in [2.45, 2.75) is 19.9 Å². The number of hydrogen-bond donors (Lipinski definition) is 3. The quantitative estimate of drug-likeness (QED) is 0.252. The number of rotatable bonds is 8. The molecule has 0 aliphatic rings. The molecule has 0 atom stereocenters. The Bertz CT molecular complexity index is 477. The lowest BCUT2D eigenvalue weighted by Crippen LogP contribution is -2.37. The number of aliphatic imine (C=N–C) groups is 1. The van der Waals surface area contributed by atoms with E-state index in [-0.39, 0.29) is 29.9 Å². The zero-order chi connectivity index (χ0) is 16.2. The number of ether oxygens (including phenoxy) is 1. The van der Waals surface area contributed by atoms with Crippen LogP contribution in [0.5, 0.6) is 0 Å². The van der Waals surface area contributed by atoms with E-state index in [0.717, 1.165) is 31.1 Å². The fourth-order valence-electron chi connectivity index (χ4n) is 1.87. The minimum Gasteiger partial charge on any atom is -0.385 e. The number of benzene rings is 1. The first-order valence-electron chi connectivity index (χ1n) is 7.51. The van der Waals surface area contributed by atoms with E-state index in [0.29, 0.717) is 18.7 Å². The Kier molecular flexibility index (Phi) is 12.4. The molecule has 6 nitrogen and oxygen atoms in total. The van der Waals surface area contributed by atoms with Crippen molar-refractivity contribution in [1.29, 1.82) is 0 Å². The zero-order valence-corrected chi connectivity index (χ0v) is 16.3. The molecule has 0 heterocycles. The number of nitrogens with one attached hydrogen (secondary N) is 3. The molecule has 0 aliphatic carbocycles. The van der Waals surface area contributed by atoms with Gasteiger partial charge in [0.25, 0.3) is 5.91 Å². The predicted octanol–water partition coefficient (Wildman–Crippen LogP) is 1.76. The number of amides is 1. The Hall–Kier alpha value is -1.35. The van der Waals surface area contributed by atoms with E-state index in [1.807, 2.05) is 31.2 Å². The maximum atomic E-state index is 11.7. The first-order valence-corrected chi connectivity index (χ1v) is 7.51. The third-order valence-electron chi connectivity index (χ3n) is 3.05. The second-order valence-corrected chi connectivity index (χ2v) is 4.76. The Morgan fingerprint density at radius 3 is 2.43 bits per heavy atom. The van der Waals surface area contributed by atoms with Crippen LogP contribution in [0.15, 0.2) is 29.3 Å².